The molecule has 0 aliphatic rings. The maximum absolute atomic E-state index is 11.5. The van der Waals surface area contributed by atoms with E-state index in [0.717, 1.165) is 11.3 Å². The standard InChI is InChI=1S/C9H14ClN3OS/c1-5(2)6(3)4-11-7(14)8-12-13-9(10)15-8/h5-6H,4H2,1-3H3,(H,11,14). The number of carbonyl (C=O) groups excluding carboxylic acids is 1. The average Bonchev–Trinajstić information content (AvgIpc) is 2.60. The van der Waals surface area contributed by atoms with Crippen LogP contribution in [0, 0.1) is 11.8 Å². The van der Waals surface area contributed by atoms with Gasteiger partial charge in [-0.25, -0.2) is 0 Å². The van der Waals surface area contributed by atoms with E-state index in [0.29, 0.717) is 23.4 Å². The molecular formula is C9H14ClN3OS. The summed E-state index contributed by atoms with van der Waals surface area (Å²) >= 11 is 6.67. The number of hydrogen-bond acceptors (Lipinski definition) is 4. The van der Waals surface area contributed by atoms with Gasteiger partial charge in [-0.15, -0.1) is 10.2 Å². The number of nitrogens with zero attached hydrogens (tertiary/aromatic N) is 2. The summed E-state index contributed by atoms with van der Waals surface area (Å²) in [5, 5.41) is 10.4. The Bertz CT molecular complexity index is 340. The second-order valence-electron chi connectivity index (χ2n) is 3.79. The van der Waals surface area contributed by atoms with E-state index >= 15 is 0 Å². The summed E-state index contributed by atoms with van der Waals surface area (Å²) in [6.07, 6.45) is 0. The van der Waals surface area contributed by atoms with Gasteiger partial charge in [0.25, 0.3) is 5.91 Å². The van der Waals surface area contributed by atoms with Crippen LogP contribution in [0.3, 0.4) is 0 Å². The van der Waals surface area contributed by atoms with Crippen LogP contribution in [0.1, 0.15) is 30.6 Å². The minimum absolute atomic E-state index is 0.202. The van der Waals surface area contributed by atoms with Gasteiger partial charge in [-0.3, -0.25) is 4.79 Å². The van der Waals surface area contributed by atoms with Crippen molar-refractivity contribution in [2.24, 2.45) is 11.8 Å². The first-order valence-electron chi connectivity index (χ1n) is 4.78. The van der Waals surface area contributed by atoms with E-state index in [9.17, 15) is 4.79 Å². The summed E-state index contributed by atoms with van der Waals surface area (Å²) in [6.45, 7) is 6.99. The lowest BCUT2D eigenvalue weighted by Gasteiger charge is -2.15. The Balaban J connectivity index is 2.43. The SMILES string of the molecule is CC(C)C(C)CNC(=O)c1nnc(Cl)s1. The molecule has 0 aliphatic heterocycles. The largest absolute Gasteiger partial charge is 0.350 e. The van der Waals surface area contributed by atoms with Crippen LogP contribution in [0.5, 0.6) is 0 Å². The third-order valence-electron chi connectivity index (χ3n) is 2.32. The van der Waals surface area contributed by atoms with Crippen LogP contribution < -0.4 is 5.32 Å². The molecule has 4 nitrogen and oxygen atoms in total. The molecule has 0 saturated heterocycles. The molecule has 1 heterocycles. The van der Waals surface area contributed by atoms with Crippen molar-refractivity contribution < 1.29 is 4.79 Å². The van der Waals surface area contributed by atoms with Crippen LogP contribution in [0.25, 0.3) is 0 Å². The zero-order chi connectivity index (χ0) is 11.4. The molecule has 6 heteroatoms. The molecule has 1 aromatic heterocycles. The van der Waals surface area contributed by atoms with Crippen LogP contribution in [0.4, 0.5) is 0 Å². The first-order chi connectivity index (χ1) is 7.00. The molecule has 0 radical (unpaired) electrons. The summed E-state index contributed by atoms with van der Waals surface area (Å²) in [6, 6.07) is 0. The van der Waals surface area contributed by atoms with Crippen molar-refractivity contribution in [3.05, 3.63) is 9.47 Å². The number of nitrogens with one attached hydrogen (secondary N) is 1. The Kier molecular flexibility index (Phi) is 4.47. The summed E-state index contributed by atoms with van der Waals surface area (Å²) in [4.78, 5) is 11.5. The van der Waals surface area contributed by atoms with Gasteiger partial charge < -0.3 is 5.32 Å². The van der Waals surface area contributed by atoms with Gasteiger partial charge in [0.05, 0.1) is 0 Å². The fraction of sp³-hybridized carbons (Fsp3) is 0.667. The zero-order valence-corrected chi connectivity index (χ0v) is 10.5. The summed E-state index contributed by atoms with van der Waals surface area (Å²) in [5.74, 6) is 0.785. The van der Waals surface area contributed by atoms with Crippen molar-refractivity contribution in [3.63, 3.8) is 0 Å². The lowest BCUT2D eigenvalue weighted by molar-refractivity contribution is 0.0944. The topological polar surface area (TPSA) is 54.9 Å². The summed E-state index contributed by atoms with van der Waals surface area (Å²) in [7, 11) is 0. The van der Waals surface area contributed by atoms with Gasteiger partial charge in [-0.05, 0) is 23.4 Å². The highest BCUT2D eigenvalue weighted by molar-refractivity contribution is 7.17. The van der Waals surface area contributed by atoms with E-state index in [4.69, 9.17) is 11.6 Å². The molecule has 84 valence electrons. The number of rotatable bonds is 4. The van der Waals surface area contributed by atoms with Gasteiger partial charge in [0.2, 0.25) is 9.47 Å². The van der Waals surface area contributed by atoms with Gasteiger partial charge in [0.1, 0.15) is 0 Å². The van der Waals surface area contributed by atoms with E-state index in [1.165, 1.54) is 0 Å². The van der Waals surface area contributed by atoms with E-state index < -0.39 is 0 Å². The molecule has 0 aromatic carbocycles. The van der Waals surface area contributed by atoms with Crippen molar-refractivity contribution in [3.8, 4) is 0 Å². The van der Waals surface area contributed by atoms with Gasteiger partial charge in [-0.2, -0.15) is 0 Å². The molecule has 1 amide bonds. The Labute approximate surface area is 98.0 Å². The normalized spacial score (nSPS) is 12.9. The molecule has 0 aliphatic carbocycles. The predicted octanol–water partition coefficient (Wildman–Crippen LogP) is 2.21. The smallest absolute Gasteiger partial charge is 0.282 e. The lowest BCUT2D eigenvalue weighted by atomic mass is 9.98. The highest BCUT2D eigenvalue weighted by atomic mass is 35.5. The summed E-state index contributed by atoms with van der Waals surface area (Å²) in [5.41, 5.74) is 0. The first-order valence-corrected chi connectivity index (χ1v) is 5.97. The van der Waals surface area contributed by atoms with Crippen molar-refractivity contribution in [2.45, 2.75) is 20.8 Å². The lowest BCUT2D eigenvalue weighted by Crippen LogP contribution is -2.30. The second kappa shape index (κ2) is 5.42. The van der Waals surface area contributed by atoms with Crippen LogP contribution in [0.15, 0.2) is 0 Å². The zero-order valence-electron chi connectivity index (χ0n) is 8.95. The molecule has 0 saturated carbocycles. The van der Waals surface area contributed by atoms with Crippen LogP contribution in [-0.2, 0) is 0 Å². The fourth-order valence-electron chi connectivity index (χ4n) is 0.862. The van der Waals surface area contributed by atoms with Crippen molar-refractivity contribution in [2.75, 3.05) is 6.54 Å². The van der Waals surface area contributed by atoms with E-state index in [-0.39, 0.29) is 10.4 Å². The van der Waals surface area contributed by atoms with Crippen molar-refractivity contribution in [1.29, 1.82) is 0 Å². The van der Waals surface area contributed by atoms with Crippen molar-refractivity contribution in [1.82, 2.24) is 15.5 Å². The molecule has 1 unspecified atom stereocenters. The Morgan fingerprint density at radius 3 is 2.60 bits per heavy atom. The van der Waals surface area contributed by atoms with E-state index in [2.05, 4.69) is 36.3 Å². The maximum Gasteiger partial charge on any atom is 0.282 e. The minimum atomic E-state index is -0.202. The van der Waals surface area contributed by atoms with Gasteiger partial charge in [0.15, 0.2) is 0 Å². The molecule has 1 atom stereocenters. The number of carbonyl (C=O) groups is 1. The van der Waals surface area contributed by atoms with E-state index in [1.54, 1.807) is 0 Å². The molecule has 0 fully saturated rings. The third kappa shape index (κ3) is 3.76. The quantitative estimate of drug-likeness (QED) is 0.888. The number of halogens is 1. The average molecular weight is 248 g/mol. The highest BCUT2D eigenvalue weighted by Crippen LogP contribution is 2.14. The number of hydrogen-bond donors (Lipinski definition) is 1. The molecule has 0 bridgehead atoms. The van der Waals surface area contributed by atoms with Crippen molar-refractivity contribution >= 4 is 28.8 Å². The molecule has 0 spiro atoms. The Hall–Kier alpha value is -0.680. The molecule has 1 N–H and O–H groups in total. The first kappa shape index (κ1) is 12.4. The number of amides is 1. The number of aromatic nitrogens is 2. The van der Waals surface area contributed by atoms with Crippen LogP contribution in [-0.4, -0.2) is 22.6 Å². The monoisotopic (exact) mass is 247 g/mol. The van der Waals surface area contributed by atoms with Crippen LogP contribution >= 0.6 is 22.9 Å². The molecular weight excluding hydrogens is 234 g/mol. The molecule has 1 aromatic rings. The van der Waals surface area contributed by atoms with Gasteiger partial charge in [0, 0.05) is 6.54 Å². The highest BCUT2D eigenvalue weighted by Gasteiger charge is 2.13. The Morgan fingerprint density at radius 2 is 2.13 bits per heavy atom. The fourth-order valence-corrected chi connectivity index (χ4v) is 1.61. The Morgan fingerprint density at radius 1 is 1.47 bits per heavy atom. The van der Waals surface area contributed by atoms with Gasteiger partial charge >= 0.3 is 0 Å². The van der Waals surface area contributed by atoms with Crippen LogP contribution in [0.2, 0.25) is 4.47 Å². The summed E-state index contributed by atoms with van der Waals surface area (Å²) < 4.78 is 0.289. The predicted molar refractivity (Wildman–Crippen MR) is 61.3 cm³/mol. The molecule has 1 rings (SSSR count). The van der Waals surface area contributed by atoms with Gasteiger partial charge in [-0.1, -0.05) is 32.1 Å². The third-order valence-corrected chi connectivity index (χ3v) is 3.33. The minimum Gasteiger partial charge on any atom is -0.350 e. The second-order valence-corrected chi connectivity index (χ2v) is 5.35. The molecule has 15 heavy (non-hydrogen) atoms. The maximum atomic E-state index is 11.5. The van der Waals surface area contributed by atoms with E-state index in [1.807, 2.05) is 0 Å².